The molecule has 39 heavy (non-hydrogen) atoms. The van der Waals surface area contributed by atoms with Gasteiger partial charge in [0.25, 0.3) is 5.91 Å². The molecule has 0 aliphatic heterocycles. The number of hydrogen-bond acceptors (Lipinski definition) is 4. The molecule has 0 radical (unpaired) electrons. The van der Waals surface area contributed by atoms with E-state index in [9.17, 15) is 14.4 Å². The van der Waals surface area contributed by atoms with Crippen LogP contribution in [0.1, 0.15) is 89.5 Å². The number of para-hydroxylation sites is 1. The highest BCUT2D eigenvalue weighted by atomic mass is 16.6. The van der Waals surface area contributed by atoms with E-state index in [1.807, 2.05) is 55.5 Å². The number of carbonyl (C=O) groups excluding carboxylic acids is 3. The van der Waals surface area contributed by atoms with Crippen molar-refractivity contribution in [2.45, 2.75) is 91.3 Å². The molecule has 0 saturated heterocycles. The lowest BCUT2D eigenvalue weighted by atomic mass is 9.99. The standard InChI is InChI=1S/C32H45N3O4/c1-8-10-11-12-15-21-35(30(37)24(4)33-31(38)39-32(5,6)7)28(26-19-16-18-25(9-2)22-26)29(36)34-27-20-14-13-17-23(27)3/h9,13-14,16-20,22,24,28H,2,8,10-12,15,21H2,1,3-7H3,(H,33,38)(H,34,36). The van der Waals surface area contributed by atoms with E-state index in [0.717, 1.165) is 43.2 Å². The monoisotopic (exact) mass is 535 g/mol. The van der Waals surface area contributed by atoms with Gasteiger partial charge in [0, 0.05) is 12.2 Å². The van der Waals surface area contributed by atoms with Gasteiger partial charge in [-0.3, -0.25) is 9.59 Å². The number of unbranched alkanes of at least 4 members (excludes halogenated alkanes) is 4. The molecule has 0 aliphatic carbocycles. The van der Waals surface area contributed by atoms with Crippen LogP contribution in [-0.4, -0.2) is 41.0 Å². The summed E-state index contributed by atoms with van der Waals surface area (Å²) in [7, 11) is 0. The molecule has 2 aromatic carbocycles. The maximum absolute atomic E-state index is 13.9. The molecule has 0 saturated carbocycles. The third-order valence-electron chi connectivity index (χ3n) is 6.31. The lowest BCUT2D eigenvalue weighted by Crippen LogP contribution is -2.51. The molecule has 2 aromatic rings. The maximum Gasteiger partial charge on any atom is 0.408 e. The van der Waals surface area contributed by atoms with E-state index >= 15 is 0 Å². The van der Waals surface area contributed by atoms with Gasteiger partial charge >= 0.3 is 6.09 Å². The Balaban J connectivity index is 2.46. The Hall–Kier alpha value is -3.61. The quantitative estimate of drug-likeness (QED) is 0.270. The molecule has 2 atom stereocenters. The minimum absolute atomic E-state index is 0.322. The Bertz CT molecular complexity index is 1120. The van der Waals surface area contributed by atoms with E-state index < -0.39 is 23.8 Å². The van der Waals surface area contributed by atoms with Crippen LogP contribution in [0, 0.1) is 6.92 Å². The molecule has 0 bridgehead atoms. The van der Waals surface area contributed by atoms with Crippen molar-refractivity contribution >= 4 is 29.7 Å². The third kappa shape index (κ3) is 10.2. The fourth-order valence-electron chi connectivity index (χ4n) is 4.29. The van der Waals surface area contributed by atoms with Crippen LogP contribution >= 0.6 is 0 Å². The molecule has 0 fully saturated rings. The molecule has 0 spiro atoms. The number of aryl methyl sites for hydroxylation is 1. The average Bonchev–Trinajstić information content (AvgIpc) is 2.87. The van der Waals surface area contributed by atoms with Gasteiger partial charge in [0.05, 0.1) is 0 Å². The van der Waals surface area contributed by atoms with Gasteiger partial charge in [0.1, 0.15) is 17.7 Å². The van der Waals surface area contributed by atoms with Gasteiger partial charge in [0.2, 0.25) is 5.91 Å². The second kappa shape index (κ2) is 15.1. The zero-order valence-electron chi connectivity index (χ0n) is 24.4. The number of rotatable bonds is 13. The number of hydrogen-bond donors (Lipinski definition) is 2. The summed E-state index contributed by atoms with van der Waals surface area (Å²) in [6.45, 7) is 15.2. The number of nitrogens with one attached hydrogen (secondary N) is 2. The van der Waals surface area contributed by atoms with E-state index in [-0.39, 0.29) is 11.8 Å². The molecule has 0 aliphatic rings. The molecule has 212 valence electrons. The minimum Gasteiger partial charge on any atom is -0.444 e. The first-order valence-corrected chi connectivity index (χ1v) is 13.9. The van der Waals surface area contributed by atoms with E-state index in [4.69, 9.17) is 4.74 Å². The number of benzene rings is 2. The van der Waals surface area contributed by atoms with Crippen LogP contribution in [0.5, 0.6) is 0 Å². The van der Waals surface area contributed by atoms with Crippen LogP contribution in [-0.2, 0) is 14.3 Å². The molecular weight excluding hydrogens is 490 g/mol. The second-order valence-electron chi connectivity index (χ2n) is 10.9. The first-order valence-electron chi connectivity index (χ1n) is 13.9. The summed E-state index contributed by atoms with van der Waals surface area (Å²) in [4.78, 5) is 41.9. The summed E-state index contributed by atoms with van der Waals surface area (Å²) in [5, 5.41) is 5.69. The third-order valence-corrected chi connectivity index (χ3v) is 6.31. The predicted molar refractivity (Wildman–Crippen MR) is 158 cm³/mol. The molecular formula is C32H45N3O4. The second-order valence-corrected chi connectivity index (χ2v) is 10.9. The normalized spacial score (nSPS) is 12.7. The molecule has 7 nitrogen and oxygen atoms in total. The van der Waals surface area contributed by atoms with E-state index in [0.29, 0.717) is 17.8 Å². The maximum atomic E-state index is 13.9. The zero-order chi connectivity index (χ0) is 29.0. The van der Waals surface area contributed by atoms with Crippen LogP contribution in [0.4, 0.5) is 10.5 Å². The first kappa shape index (κ1) is 31.6. The van der Waals surface area contributed by atoms with Crippen molar-refractivity contribution in [2.75, 3.05) is 11.9 Å². The van der Waals surface area contributed by atoms with Gasteiger partial charge < -0.3 is 20.3 Å². The van der Waals surface area contributed by atoms with Crippen LogP contribution < -0.4 is 10.6 Å². The van der Waals surface area contributed by atoms with Crippen molar-refractivity contribution in [3.63, 3.8) is 0 Å². The summed E-state index contributed by atoms with van der Waals surface area (Å²) in [5.74, 6) is -0.679. The van der Waals surface area contributed by atoms with Crippen LogP contribution in [0.2, 0.25) is 0 Å². The first-order chi connectivity index (χ1) is 18.5. The highest BCUT2D eigenvalue weighted by Crippen LogP contribution is 2.27. The minimum atomic E-state index is -0.911. The molecule has 0 heterocycles. The fraction of sp³-hybridized carbons (Fsp3) is 0.469. The van der Waals surface area contributed by atoms with Crippen molar-refractivity contribution in [1.82, 2.24) is 10.2 Å². The SMILES string of the molecule is C=Cc1cccc(C(C(=O)Nc2ccccc2C)N(CCCCCCC)C(=O)C(C)NC(=O)OC(C)(C)C)c1. The smallest absolute Gasteiger partial charge is 0.408 e. The summed E-state index contributed by atoms with van der Waals surface area (Å²) in [6.07, 6.45) is 5.98. The predicted octanol–water partition coefficient (Wildman–Crippen LogP) is 7.03. The van der Waals surface area contributed by atoms with Crippen molar-refractivity contribution in [3.05, 3.63) is 71.8 Å². The molecule has 2 rings (SSSR count). The largest absolute Gasteiger partial charge is 0.444 e. The van der Waals surface area contributed by atoms with Crippen molar-refractivity contribution < 1.29 is 19.1 Å². The molecule has 2 unspecified atom stereocenters. The van der Waals surface area contributed by atoms with E-state index in [1.54, 1.807) is 38.7 Å². The van der Waals surface area contributed by atoms with Gasteiger partial charge in [0.15, 0.2) is 0 Å². The number of anilines is 1. The Labute approximate surface area is 234 Å². The number of amides is 3. The zero-order valence-corrected chi connectivity index (χ0v) is 24.4. The highest BCUT2D eigenvalue weighted by molar-refractivity contribution is 5.99. The van der Waals surface area contributed by atoms with E-state index in [2.05, 4.69) is 24.1 Å². The van der Waals surface area contributed by atoms with Gasteiger partial charge in [-0.25, -0.2) is 4.79 Å². The Morgan fingerprint density at radius 2 is 1.72 bits per heavy atom. The highest BCUT2D eigenvalue weighted by Gasteiger charge is 2.34. The summed E-state index contributed by atoms with van der Waals surface area (Å²) >= 11 is 0. The van der Waals surface area contributed by atoms with E-state index in [1.165, 1.54) is 0 Å². The number of nitrogens with zero attached hydrogens (tertiary/aromatic N) is 1. The number of carbonyl (C=O) groups is 3. The Morgan fingerprint density at radius 1 is 1.03 bits per heavy atom. The number of alkyl carbamates (subject to hydrolysis) is 1. The van der Waals surface area contributed by atoms with Crippen molar-refractivity contribution in [2.24, 2.45) is 0 Å². The number of ether oxygens (including phenoxy) is 1. The average molecular weight is 536 g/mol. The summed E-state index contributed by atoms with van der Waals surface area (Å²) in [6, 6.07) is 13.2. The van der Waals surface area contributed by atoms with Gasteiger partial charge in [-0.2, -0.15) is 0 Å². The molecule has 7 heteroatoms. The Kier molecular flexibility index (Phi) is 12.2. The molecule has 3 amide bonds. The lowest BCUT2D eigenvalue weighted by molar-refractivity contribution is -0.140. The van der Waals surface area contributed by atoms with Crippen LogP contribution in [0.15, 0.2) is 55.1 Å². The van der Waals surface area contributed by atoms with Crippen molar-refractivity contribution in [1.29, 1.82) is 0 Å². The van der Waals surface area contributed by atoms with Gasteiger partial charge in [-0.05, 0) is 69.9 Å². The van der Waals surface area contributed by atoms with Gasteiger partial charge in [-0.1, -0.05) is 81.7 Å². The lowest BCUT2D eigenvalue weighted by Gasteiger charge is -2.34. The summed E-state index contributed by atoms with van der Waals surface area (Å²) in [5.41, 5.74) is 2.42. The molecule has 0 aromatic heterocycles. The Morgan fingerprint density at radius 3 is 2.36 bits per heavy atom. The van der Waals surface area contributed by atoms with Crippen LogP contribution in [0.3, 0.4) is 0 Å². The molecule has 2 N–H and O–H groups in total. The topological polar surface area (TPSA) is 87.7 Å². The summed E-state index contributed by atoms with van der Waals surface area (Å²) < 4.78 is 5.37. The van der Waals surface area contributed by atoms with Crippen molar-refractivity contribution in [3.8, 4) is 0 Å². The fourth-order valence-corrected chi connectivity index (χ4v) is 4.29. The van der Waals surface area contributed by atoms with Crippen LogP contribution in [0.25, 0.3) is 6.08 Å². The van der Waals surface area contributed by atoms with Gasteiger partial charge in [-0.15, -0.1) is 0 Å².